The van der Waals surface area contributed by atoms with Gasteiger partial charge in [-0.15, -0.1) is 0 Å². The molecule has 0 amide bonds. The molecule has 0 radical (unpaired) electrons. The van der Waals surface area contributed by atoms with Gasteiger partial charge in [-0.2, -0.15) is 0 Å². The minimum absolute atomic E-state index is 0.120. The molecule has 0 saturated carbocycles. The van der Waals surface area contributed by atoms with Gasteiger partial charge in [-0.3, -0.25) is 19.5 Å². The topological polar surface area (TPSA) is 145 Å². The lowest BCUT2D eigenvalue weighted by atomic mass is 9.95. The Morgan fingerprint density at radius 1 is 1.07 bits per heavy atom. The molecule has 3 heterocycles. The smallest absolute Gasteiger partial charge is 0.338 e. The van der Waals surface area contributed by atoms with Crippen LogP contribution in [0.1, 0.15) is 38.1 Å². The van der Waals surface area contributed by atoms with E-state index in [-0.39, 0.29) is 17.9 Å². The number of methoxy groups -OCH3 is 2. The number of carbonyl (C=O) groups is 1. The maximum Gasteiger partial charge on any atom is 0.338 e. The number of aromatic nitrogens is 1. The molecule has 0 spiro atoms. The van der Waals surface area contributed by atoms with Crippen LogP contribution in [0.4, 0.5) is 5.69 Å². The number of non-ortho nitro benzene ring substituents is 1. The Bertz CT molecular complexity index is 1970. The summed E-state index contributed by atoms with van der Waals surface area (Å²) in [6.07, 6.45) is 1.57. The number of esters is 1. The lowest BCUT2D eigenvalue weighted by molar-refractivity contribution is -0.384. The van der Waals surface area contributed by atoms with E-state index in [1.165, 1.54) is 37.0 Å². The predicted molar refractivity (Wildman–Crippen MR) is 162 cm³/mol. The van der Waals surface area contributed by atoms with Gasteiger partial charge in [-0.05, 0) is 56.7 Å². The number of allylic oxidation sites excluding steroid dienone is 1. The molecule has 12 nitrogen and oxygen atoms in total. The third-order valence-corrected chi connectivity index (χ3v) is 7.86. The zero-order chi connectivity index (χ0) is 31.5. The highest BCUT2D eigenvalue weighted by Gasteiger charge is 2.34. The number of nitrogens with zero attached hydrogens (tertiary/aromatic N) is 3. The first-order valence-electron chi connectivity index (χ1n) is 13.6. The molecule has 0 unspecified atom stereocenters. The van der Waals surface area contributed by atoms with Gasteiger partial charge in [-0.1, -0.05) is 17.4 Å². The molecule has 0 bridgehead atoms. The minimum atomic E-state index is -0.848. The molecule has 13 heteroatoms. The Labute approximate surface area is 255 Å². The molecule has 228 valence electrons. The van der Waals surface area contributed by atoms with Crippen LogP contribution in [0.3, 0.4) is 0 Å². The maximum absolute atomic E-state index is 14.0. The Balaban J connectivity index is 1.65. The predicted octanol–water partition coefficient (Wildman–Crippen LogP) is 4.38. The molecule has 0 saturated heterocycles. The number of rotatable bonds is 10. The van der Waals surface area contributed by atoms with E-state index in [4.69, 9.17) is 23.4 Å². The number of nitro benzene ring substituents is 1. The van der Waals surface area contributed by atoms with Gasteiger partial charge in [0, 0.05) is 18.2 Å². The first-order chi connectivity index (χ1) is 21.2. The van der Waals surface area contributed by atoms with Gasteiger partial charge in [0.2, 0.25) is 0 Å². The molecular formula is C31H29N3O9S. The Hall–Kier alpha value is -5.17. The van der Waals surface area contributed by atoms with E-state index < -0.39 is 22.5 Å². The highest BCUT2D eigenvalue weighted by molar-refractivity contribution is 7.07. The van der Waals surface area contributed by atoms with E-state index in [2.05, 4.69) is 4.99 Å². The van der Waals surface area contributed by atoms with Crippen molar-refractivity contribution in [3.05, 3.63) is 101 Å². The largest absolute Gasteiger partial charge is 0.496 e. The van der Waals surface area contributed by atoms with Gasteiger partial charge in [0.05, 0.1) is 59.8 Å². The van der Waals surface area contributed by atoms with E-state index in [0.29, 0.717) is 61.5 Å². The summed E-state index contributed by atoms with van der Waals surface area (Å²) in [7, 11) is 2.99. The number of hydrogen-bond donors (Lipinski definition) is 0. The fraction of sp³-hybridized carbons (Fsp3) is 0.258. The number of carbonyl (C=O) groups excluding carboxylic acids is 1. The summed E-state index contributed by atoms with van der Waals surface area (Å²) in [6, 6.07) is 11.9. The first-order valence-corrected chi connectivity index (χ1v) is 14.4. The Kier molecular flexibility index (Phi) is 8.67. The number of fused-ring (bicyclic) bond motifs is 1. The standard InChI is InChI=1S/C31H29N3O9S/c1-6-41-25-14-18(8-11-24(25)40-5)28-27(30(36)42-7-2)17(3)32-31-33(28)29(35)26(44-31)16-20-10-13-23(43-20)21-15-19(34(37)38)9-12-22(21)39-4/h8-16,28H,6-7H2,1-5H3/b26-16-/t28-/m0/s1. The normalized spacial score (nSPS) is 14.6. The van der Waals surface area contributed by atoms with Gasteiger partial charge < -0.3 is 23.4 Å². The summed E-state index contributed by atoms with van der Waals surface area (Å²) >= 11 is 1.14. The van der Waals surface area contributed by atoms with Crippen LogP contribution in [0.5, 0.6) is 17.2 Å². The third kappa shape index (κ3) is 5.61. The zero-order valence-electron chi connectivity index (χ0n) is 24.6. The fourth-order valence-electron chi connectivity index (χ4n) is 4.95. The van der Waals surface area contributed by atoms with Crippen molar-refractivity contribution in [2.24, 2.45) is 4.99 Å². The summed E-state index contributed by atoms with van der Waals surface area (Å²) in [5.41, 5.74) is 1.14. The Morgan fingerprint density at radius 2 is 1.82 bits per heavy atom. The van der Waals surface area contributed by atoms with E-state index >= 15 is 0 Å². The number of thiazole rings is 1. The highest BCUT2D eigenvalue weighted by atomic mass is 32.1. The minimum Gasteiger partial charge on any atom is -0.496 e. The lowest BCUT2D eigenvalue weighted by Crippen LogP contribution is -2.39. The molecule has 0 aliphatic carbocycles. The van der Waals surface area contributed by atoms with E-state index in [9.17, 15) is 19.7 Å². The molecule has 44 heavy (non-hydrogen) atoms. The van der Waals surface area contributed by atoms with Crippen molar-refractivity contribution >= 4 is 29.1 Å². The van der Waals surface area contributed by atoms with Crippen LogP contribution in [0.15, 0.2) is 74.0 Å². The van der Waals surface area contributed by atoms with Crippen molar-refractivity contribution in [3.63, 3.8) is 0 Å². The average Bonchev–Trinajstić information content (AvgIpc) is 3.60. The van der Waals surface area contributed by atoms with Gasteiger partial charge in [-0.25, -0.2) is 9.79 Å². The summed E-state index contributed by atoms with van der Waals surface area (Å²) < 4.78 is 29.7. The van der Waals surface area contributed by atoms with Crippen LogP contribution in [-0.4, -0.2) is 42.9 Å². The van der Waals surface area contributed by atoms with Crippen molar-refractivity contribution in [2.75, 3.05) is 27.4 Å². The summed E-state index contributed by atoms with van der Waals surface area (Å²) in [6.45, 7) is 5.79. The van der Waals surface area contributed by atoms with E-state index in [1.807, 2.05) is 6.92 Å². The Morgan fingerprint density at radius 3 is 2.50 bits per heavy atom. The molecule has 1 aliphatic rings. The quantitative estimate of drug-likeness (QED) is 0.143. The second kappa shape index (κ2) is 12.6. The van der Waals surface area contributed by atoms with Gasteiger partial charge in [0.15, 0.2) is 16.3 Å². The van der Waals surface area contributed by atoms with Crippen molar-refractivity contribution in [1.29, 1.82) is 0 Å². The molecule has 5 rings (SSSR count). The summed E-state index contributed by atoms with van der Waals surface area (Å²) in [5.74, 6) is 1.44. The summed E-state index contributed by atoms with van der Waals surface area (Å²) in [4.78, 5) is 43.0. The van der Waals surface area contributed by atoms with Crippen molar-refractivity contribution in [1.82, 2.24) is 4.57 Å². The molecule has 0 fully saturated rings. The number of benzene rings is 2. The third-order valence-electron chi connectivity index (χ3n) is 6.88. The van der Waals surface area contributed by atoms with E-state index in [1.54, 1.807) is 50.3 Å². The molecule has 1 atom stereocenters. The molecule has 1 aliphatic heterocycles. The van der Waals surface area contributed by atoms with Crippen LogP contribution in [0, 0.1) is 10.1 Å². The van der Waals surface area contributed by atoms with Crippen LogP contribution in [0.2, 0.25) is 0 Å². The molecule has 2 aromatic heterocycles. The molecule has 0 N–H and O–H groups in total. The highest BCUT2D eigenvalue weighted by Crippen LogP contribution is 2.37. The van der Waals surface area contributed by atoms with Crippen LogP contribution in [0.25, 0.3) is 17.4 Å². The number of furan rings is 1. The second-order valence-corrected chi connectivity index (χ2v) is 10.5. The van der Waals surface area contributed by atoms with Crippen LogP contribution >= 0.6 is 11.3 Å². The second-order valence-electron chi connectivity index (χ2n) is 9.49. The lowest BCUT2D eigenvalue weighted by Gasteiger charge is -2.25. The number of ether oxygens (including phenoxy) is 4. The van der Waals surface area contributed by atoms with Crippen molar-refractivity contribution in [3.8, 4) is 28.6 Å². The van der Waals surface area contributed by atoms with Gasteiger partial charge in [0.1, 0.15) is 17.3 Å². The summed E-state index contributed by atoms with van der Waals surface area (Å²) in [5, 5.41) is 11.3. The SMILES string of the molecule is CCOC(=O)C1=C(C)N=c2s/c(=C\c3ccc(-c4cc([N+](=O)[O-])ccc4OC)o3)c(=O)n2[C@H]1c1ccc(OC)c(OCC)c1. The molecular weight excluding hydrogens is 590 g/mol. The zero-order valence-corrected chi connectivity index (χ0v) is 25.4. The van der Waals surface area contributed by atoms with Gasteiger partial charge >= 0.3 is 5.97 Å². The number of hydrogen-bond acceptors (Lipinski definition) is 11. The first kappa shape index (κ1) is 30.3. The van der Waals surface area contributed by atoms with Crippen molar-refractivity contribution in [2.45, 2.75) is 26.8 Å². The monoisotopic (exact) mass is 619 g/mol. The maximum atomic E-state index is 14.0. The van der Waals surface area contributed by atoms with Crippen LogP contribution < -0.4 is 29.1 Å². The average molecular weight is 620 g/mol. The molecule has 4 aromatic rings. The van der Waals surface area contributed by atoms with Crippen molar-refractivity contribution < 1.29 is 33.1 Å². The van der Waals surface area contributed by atoms with Crippen LogP contribution in [-0.2, 0) is 9.53 Å². The fourth-order valence-corrected chi connectivity index (χ4v) is 5.97. The molecule has 2 aromatic carbocycles. The van der Waals surface area contributed by atoms with Gasteiger partial charge in [0.25, 0.3) is 11.2 Å². The van der Waals surface area contributed by atoms with E-state index in [0.717, 1.165) is 11.3 Å². The number of nitro groups is 1.